The first-order chi connectivity index (χ1) is 23.9. The summed E-state index contributed by atoms with van der Waals surface area (Å²) >= 11 is 0. The number of hydrogen-bond donors (Lipinski definition) is 0. The van der Waals surface area contributed by atoms with Gasteiger partial charge in [-0.1, -0.05) is 194 Å². The molecule has 0 bridgehead atoms. The summed E-state index contributed by atoms with van der Waals surface area (Å²) in [6.07, 6.45) is 36.8. The van der Waals surface area contributed by atoms with Crippen LogP contribution in [-0.2, 0) is 10.1 Å². The zero-order valence-corrected chi connectivity index (χ0v) is 36.2. The summed E-state index contributed by atoms with van der Waals surface area (Å²) in [4.78, 5) is -0.324. The molecule has 1 aromatic carbocycles. The van der Waals surface area contributed by atoms with Gasteiger partial charge in [-0.25, -0.2) is 8.42 Å². The SMILES string of the molecule is CCCCCCCCCCCCOc1cc(S(=O)(=O)[O-])cc(OCCCCCCCCCCCC)c1OCCCCCCCCCCCC.[Na+]. The first-order valence-corrected chi connectivity index (χ1v) is 22.4. The summed E-state index contributed by atoms with van der Waals surface area (Å²) in [5.41, 5.74) is 0. The van der Waals surface area contributed by atoms with Crippen LogP contribution in [0.5, 0.6) is 17.2 Å². The molecule has 0 radical (unpaired) electrons. The zero-order valence-electron chi connectivity index (χ0n) is 33.3. The zero-order chi connectivity index (χ0) is 35.7. The molecule has 0 fully saturated rings. The fraction of sp³-hybridized carbons (Fsp3) is 0.857. The van der Waals surface area contributed by atoms with Crippen molar-refractivity contribution in [3.63, 3.8) is 0 Å². The Balaban J connectivity index is 0.0000240. The Bertz CT molecular complexity index is 939. The summed E-state index contributed by atoms with van der Waals surface area (Å²) in [5, 5.41) is 0. The maximum Gasteiger partial charge on any atom is 1.00 e. The maximum atomic E-state index is 12.1. The van der Waals surface area contributed by atoms with Gasteiger partial charge in [-0.15, -0.1) is 0 Å². The Morgan fingerprint density at radius 2 is 0.660 bits per heavy atom. The predicted molar refractivity (Wildman–Crippen MR) is 206 cm³/mol. The van der Waals surface area contributed by atoms with Gasteiger partial charge in [0.1, 0.15) is 10.1 Å². The molecule has 0 aliphatic heterocycles. The van der Waals surface area contributed by atoms with Crippen molar-refractivity contribution in [2.45, 2.75) is 218 Å². The molecular formula is C42H77NaO6S. The van der Waals surface area contributed by atoms with Crippen molar-refractivity contribution in [2.75, 3.05) is 19.8 Å². The fourth-order valence-corrected chi connectivity index (χ4v) is 6.86. The van der Waals surface area contributed by atoms with Gasteiger partial charge in [0.2, 0.25) is 5.75 Å². The Morgan fingerprint density at radius 1 is 0.420 bits per heavy atom. The minimum Gasteiger partial charge on any atom is -0.744 e. The first kappa shape index (κ1) is 49.5. The van der Waals surface area contributed by atoms with Gasteiger partial charge in [0.15, 0.2) is 11.5 Å². The van der Waals surface area contributed by atoms with Gasteiger partial charge in [0, 0.05) is 12.1 Å². The second kappa shape index (κ2) is 35.6. The van der Waals surface area contributed by atoms with Crippen molar-refractivity contribution in [1.29, 1.82) is 0 Å². The third-order valence-electron chi connectivity index (χ3n) is 9.54. The minimum atomic E-state index is -4.68. The Kier molecular flexibility index (Phi) is 35.2. The summed E-state index contributed by atoms with van der Waals surface area (Å²) in [5.74, 6) is 1.04. The van der Waals surface area contributed by atoms with Crippen molar-refractivity contribution in [2.24, 2.45) is 0 Å². The normalized spacial score (nSPS) is 11.4. The minimum absolute atomic E-state index is 0. The summed E-state index contributed by atoms with van der Waals surface area (Å²) < 4.78 is 54.9. The van der Waals surface area contributed by atoms with E-state index in [1.54, 1.807) is 0 Å². The second-order valence-electron chi connectivity index (χ2n) is 14.3. The van der Waals surface area contributed by atoms with E-state index in [1.807, 2.05) is 0 Å². The summed E-state index contributed by atoms with van der Waals surface area (Å²) in [6.45, 7) is 8.15. The van der Waals surface area contributed by atoms with Crippen LogP contribution in [0.4, 0.5) is 0 Å². The molecule has 0 atom stereocenters. The van der Waals surface area contributed by atoms with Crippen LogP contribution >= 0.6 is 0 Å². The van der Waals surface area contributed by atoms with Crippen molar-refractivity contribution in [3.8, 4) is 17.2 Å². The topological polar surface area (TPSA) is 84.9 Å². The molecule has 6 nitrogen and oxygen atoms in total. The molecule has 0 amide bonds. The van der Waals surface area contributed by atoms with Crippen LogP contribution in [0, 0.1) is 0 Å². The number of hydrogen-bond acceptors (Lipinski definition) is 6. The number of benzene rings is 1. The third kappa shape index (κ3) is 28.1. The van der Waals surface area contributed by atoms with Crippen LogP contribution in [0.3, 0.4) is 0 Å². The van der Waals surface area contributed by atoms with Crippen LogP contribution in [-0.4, -0.2) is 32.8 Å². The van der Waals surface area contributed by atoms with E-state index in [-0.39, 0.29) is 34.5 Å². The Labute approximate surface area is 332 Å². The molecule has 0 aromatic heterocycles. The molecule has 0 heterocycles. The quantitative estimate of drug-likeness (QED) is 0.0385. The van der Waals surface area contributed by atoms with Crippen LogP contribution in [0.25, 0.3) is 0 Å². The fourth-order valence-electron chi connectivity index (χ4n) is 6.36. The number of unbranched alkanes of at least 4 members (excludes halogenated alkanes) is 27. The molecule has 288 valence electrons. The molecule has 0 unspecified atom stereocenters. The molecule has 50 heavy (non-hydrogen) atoms. The van der Waals surface area contributed by atoms with Gasteiger partial charge in [0.25, 0.3) is 0 Å². The predicted octanol–water partition coefficient (Wildman–Crippen LogP) is 10.5. The first-order valence-electron chi connectivity index (χ1n) is 21.0. The smallest absolute Gasteiger partial charge is 0.744 e. The van der Waals surface area contributed by atoms with Gasteiger partial charge >= 0.3 is 29.6 Å². The van der Waals surface area contributed by atoms with Gasteiger partial charge in [-0.05, 0) is 19.3 Å². The average molecular weight is 733 g/mol. The maximum absolute atomic E-state index is 12.1. The van der Waals surface area contributed by atoms with Crippen molar-refractivity contribution < 1.29 is 56.7 Å². The van der Waals surface area contributed by atoms with Crippen LogP contribution in [0.1, 0.15) is 213 Å². The van der Waals surface area contributed by atoms with Crippen molar-refractivity contribution in [1.82, 2.24) is 0 Å². The molecule has 0 aliphatic carbocycles. The number of rotatable bonds is 37. The average Bonchev–Trinajstić information content (AvgIpc) is 3.08. The van der Waals surface area contributed by atoms with E-state index in [4.69, 9.17) is 14.2 Å². The Hall–Kier alpha value is -0.470. The summed E-state index contributed by atoms with van der Waals surface area (Å²) in [7, 11) is -4.68. The standard InChI is InChI=1S/C42H78O6S.Na/c1-4-7-10-13-16-19-22-25-28-31-34-46-40-37-39(49(43,44)45)38-41(47-35-32-29-26-23-20-17-14-11-8-5-2)42(40)48-36-33-30-27-24-21-18-15-12-9-6-3;/h37-38H,4-36H2,1-3H3,(H,43,44,45);/q;+1/p-1. The van der Waals surface area contributed by atoms with Gasteiger partial charge in [-0.2, -0.15) is 0 Å². The number of ether oxygens (including phenoxy) is 3. The monoisotopic (exact) mass is 733 g/mol. The molecule has 8 heteroatoms. The van der Waals surface area contributed by atoms with E-state index in [1.165, 1.54) is 166 Å². The largest absolute Gasteiger partial charge is 1.00 e. The summed E-state index contributed by atoms with van der Waals surface area (Å²) in [6, 6.07) is 2.67. The molecule has 0 saturated heterocycles. The van der Waals surface area contributed by atoms with Crippen LogP contribution in [0.15, 0.2) is 17.0 Å². The Morgan fingerprint density at radius 3 is 0.920 bits per heavy atom. The molecule has 1 aromatic rings. The van der Waals surface area contributed by atoms with E-state index in [2.05, 4.69) is 20.8 Å². The second-order valence-corrected chi connectivity index (χ2v) is 15.7. The molecule has 1 rings (SSSR count). The van der Waals surface area contributed by atoms with Crippen LogP contribution in [0.2, 0.25) is 0 Å². The van der Waals surface area contributed by atoms with E-state index in [0.29, 0.717) is 37.1 Å². The molecule has 0 aliphatic rings. The molecule has 0 spiro atoms. The van der Waals surface area contributed by atoms with Gasteiger partial charge in [0.05, 0.1) is 24.7 Å². The van der Waals surface area contributed by atoms with Crippen molar-refractivity contribution >= 4 is 10.1 Å². The molecular weight excluding hydrogens is 656 g/mol. The van der Waals surface area contributed by atoms with E-state index in [9.17, 15) is 13.0 Å². The van der Waals surface area contributed by atoms with Crippen LogP contribution < -0.4 is 43.8 Å². The van der Waals surface area contributed by atoms with E-state index < -0.39 is 10.1 Å². The van der Waals surface area contributed by atoms with E-state index in [0.717, 1.165) is 38.5 Å². The van der Waals surface area contributed by atoms with Gasteiger partial charge in [-0.3, -0.25) is 0 Å². The molecule has 0 saturated carbocycles. The van der Waals surface area contributed by atoms with Gasteiger partial charge < -0.3 is 18.8 Å². The molecule has 0 N–H and O–H groups in total. The van der Waals surface area contributed by atoms with E-state index >= 15 is 0 Å². The third-order valence-corrected chi connectivity index (χ3v) is 10.4. The van der Waals surface area contributed by atoms with Crippen molar-refractivity contribution in [3.05, 3.63) is 12.1 Å².